The molecule has 0 aliphatic carbocycles. The summed E-state index contributed by atoms with van der Waals surface area (Å²) in [6.07, 6.45) is -7.48. The zero-order chi connectivity index (χ0) is 19.8. The molecule has 0 aromatic carbocycles. The smallest absolute Gasteiger partial charge is 0.475 e. The summed E-state index contributed by atoms with van der Waals surface area (Å²) in [7, 11) is -3.57. The summed E-state index contributed by atoms with van der Waals surface area (Å²) in [6, 6.07) is 2.90. The minimum atomic E-state index is -5.08. The van der Waals surface area contributed by atoms with Gasteiger partial charge in [0.2, 0.25) is 10.0 Å². The van der Waals surface area contributed by atoms with E-state index < -0.39 is 34.3 Å². The van der Waals surface area contributed by atoms with E-state index in [-0.39, 0.29) is 4.90 Å². The first kappa shape index (κ1) is 23.8. The van der Waals surface area contributed by atoms with E-state index in [1.165, 1.54) is 24.5 Å². The molecule has 8 nitrogen and oxygen atoms in total. The molecule has 1 aromatic rings. The molecule has 1 heterocycles. The Bertz CT molecular complexity index is 619. The van der Waals surface area contributed by atoms with E-state index in [0.29, 0.717) is 0 Å². The number of nitrogens with two attached hydrogens (primary N) is 1. The number of rotatable bonds is 1. The van der Waals surface area contributed by atoms with Gasteiger partial charge in [-0.1, -0.05) is 0 Å². The number of halogens is 6. The number of carboxylic acid groups (broad SMARTS) is 2. The summed E-state index contributed by atoms with van der Waals surface area (Å²) in [5.41, 5.74) is 0. The Morgan fingerprint density at radius 3 is 1.46 bits per heavy atom. The summed E-state index contributed by atoms with van der Waals surface area (Å²) in [5, 5.41) is 19.0. The van der Waals surface area contributed by atoms with Crippen molar-refractivity contribution >= 4 is 22.0 Å². The molecule has 0 unspecified atom stereocenters. The number of carbonyl (C=O) groups is 2. The number of alkyl halides is 6. The summed E-state index contributed by atoms with van der Waals surface area (Å²) < 4.78 is 84.6. The topological polar surface area (TPSA) is 148 Å². The van der Waals surface area contributed by atoms with Crippen molar-refractivity contribution in [2.45, 2.75) is 17.2 Å². The minimum absolute atomic E-state index is 0.0370. The third kappa shape index (κ3) is 12.2. The zero-order valence-electron chi connectivity index (χ0n) is 11.0. The third-order valence-corrected chi connectivity index (χ3v) is 2.35. The first-order valence-corrected chi connectivity index (χ1v) is 6.57. The normalized spacial score (nSPS) is 11.3. The van der Waals surface area contributed by atoms with Crippen LogP contribution in [0.5, 0.6) is 0 Å². The summed E-state index contributed by atoms with van der Waals surface area (Å²) in [4.78, 5) is 21.4. The van der Waals surface area contributed by atoms with Crippen LogP contribution in [0.4, 0.5) is 26.3 Å². The number of aliphatic carboxylic acids is 2. The van der Waals surface area contributed by atoms with Gasteiger partial charge in [-0.2, -0.15) is 26.3 Å². The average Bonchev–Trinajstić information content (AvgIpc) is 2.38. The molecule has 15 heteroatoms. The third-order valence-electron chi connectivity index (χ3n) is 1.45. The second kappa shape index (κ2) is 9.02. The van der Waals surface area contributed by atoms with E-state index in [2.05, 4.69) is 4.98 Å². The van der Waals surface area contributed by atoms with E-state index >= 15 is 0 Å². The molecule has 24 heavy (non-hydrogen) atoms. The Hall–Kier alpha value is -2.42. The van der Waals surface area contributed by atoms with Gasteiger partial charge in [-0.25, -0.2) is 23.1 Å². The molecule has 1 rings (SSSR count). The van der Waals surface area contributed by atoms with E-state index in [1.54, 1.807) is 0 Å². The quantitative estimate of drug-likeness (QED) is 0.610. The number of hydrogen-bond acceptors (Lipinski definition) is 5. The second-order valence-electron chi connectivity index (χ2n) is 3.34. The maximum Gasteiger partial charge on any atom is 0.490 e. The maximum absolute atomic E-state index is 10.6. The predicted molar refractivity (Wildman–Crippen MR) is 63.0 cm³/mol. The second-order valence-corrected chi connectivity index (χ2v) is 4.90. The van der Waals surface area contributed by atoms with Gasteiger partial charge in [-0.15, -0.1) is 0 Å². The van der Waals surface area contributed by atoms with Gasteiger partial charge in [-0.05, 0) is 12.1 Å². The molecule has 0 saturated carbocycles. The molecule has 0 amide bonds. The number of pyridine rings is 1. The average molecular weight is 386 g/mol. The molecule has 4 N–H and O–H groups in total. The van der Waals surface area contributed by atoms with Crippen molar-refractivity contribution in [1.82, 2.24) is 4.98 Å². The number of nitrogens with zero attached hydrogens (tertiary/aromatic N) is 1. The van der Waals surface area contributed by atoms with Crippen molar-refractivity contribution in [1.29, 1.82) is 0 Å². The van der Waals surface area contributed by atoms with Gasteiger partial charge in [0.05, 0.1) is 0 Å². The van der Waals surface area contributed by atoms with Crippen LogP contribution < -0.4 is 5.14 Å². The largest absolute Gasteiger partial charge is 0.490 e. The van der Waals surface area contributed by atoms with Crippen LogP contribution in [0, 0.1) is 0 Å². The van der Waals surface area contributed by atoms with Crippen molar-refractivity contribution < 1.29 is 54.6 Å². The molecule has 0 bridgehead atoms. The van der Waals surface area contributed by atoms with Crippen LogP contribution in [0.3, 0.4) is 0 Å². The Kier molecular flexibility index (Phi) is 8.96. The fraction of sp³-hybridized carbons (Fsp3) is 0.222. The van der Waals surface area contributed by atoms with Gasteiger partial charge in [-0.3, -0.25) is 4.98 Å². The van der Waals surface area contributed by atoms with E-state index in [9.17, 15) is 34.8 Å². The van der Waals surface area contributed by atoms with Crippen molar-refractivity contribution in [3.63, 3.8) is 0 Å². The van der Waals surface area contributed by atoms with Crippen LogP contribution in [0.15, 0.2) is 29.4 Å². The minimum Gasteiger partial charge on any atom is -0.475 e. The van der Waals surface area contributed by atoms with Gasteiger partial charge in [0.25, 0.3) is 0 Å². The summed E-state index contributed by atoms with van der Waals surface area (Å²) in [5.74, 6) is -5.51. The lowest BCUT2D eigenvalue weighted by molar-refractivity contribution is -0.193. The van der Waals surface area contributed by atoms with Crippen LogP contribution in [-0.2, 0) is 19.6 Å². The SMILES string of the molecule is NS(=O)(=O)c1cccnc1.O=C(O)C(F)(F)F.O=C(O)C(F)(F)F. The summed E-state index contributed by atoms with van der Waals surface area (Å²) >= 11 is 0. The Morgan fingerprint density at radius 1 is 1.00 bits per heavy atom. The van der Waals surface area contributed by atoms with Gasteiger partial charge in [0.1, 0.15) is 4.90 Å². The standard InChI is InChI=1S/C5H6N2O2S.2C2HF3O2/c6-10(8,9)5-2-1-3-7-4-5;2*3-2(4,5)1(6)7/h1-4H,(H2,6,8,9);2*(H,6,7). The fourth-order valence-corrected chi connectivity index (χ4v) is 0.991. The lowest BCUT2D eigenvalue weighted by Gasteiger charge is -1.93. The molecule has 0 fully saturated rings. The Morgan fingerprint density at radius 2 is 1.33 bits per heavy atom. The van der Waals surface area contributed by atoms with Crippen molar-refractivity contribution in [3.8, 4) is 0 Å². The highest BCUT2D eigenvalue weighted by Crippen LogP contribution is 2.13. The molecule has 0 radical (unpaired) electrons. The maximum atomic E-state index is 10.6. The molecular formula is C9H8F6N2O6S. The van der Waals surface area contributed by atoms with Crippen LogP contribution in [-0.4, -0.2) is 47.9 Å². The molecule has 0 atom stereocenters. The number of hydrogen-bond donors (Lipinski definition) is 3. The summed E-state index contributed by atoms with van der Waals surface area (Å²) in [6.45, 7) is 0. The Labute approximate surface area is 129 Å². The van der Waals surface area contributed by atoms with Gasteiger partial charge in [0, 0.05) is 12.4 Å². The molecular weight excluding hydrogens is 378 g/mol. The number of aromatic nitrogens is 1. The van der Waals surface area contributed by atoms with Gasteiger partial charge in [0.15, 0.2) is 0 Å². The zero-order valence-corrected chi connectivity index (χ0v) is 11.9. The first-order valence-electron chi connectivity index (χ1n) is 5.02. The van der Waals surface area contributed by atoms with Crippen molar-refractivity contribution in [2.24, 2.45) is 5.14 Å². The highest BCUT2D eigenvalue weighted by atomic mass is 32.2. The Balaban J connectivity index is 0. The molecule has 0 aliphatic rings. The van der Waals surface area contributed by atoms with Crippen molar-refractivity contribution in [2.75, 3.05) is 0 Å². The van der Waals surface area contributed by atoms with E-state index in [1.807, 2.05) is 0 Å². The van der Waals surface area contributed by atoms with Gasteiger partial charge < -0.3 is 10.2 Å². The number of sulfonamides is 1. The number of primary sulfonamides is 1. The monoisotopic (exact) mass is 386 g/mol. The highest BCUT2D eigenvalue weighted by molar-refractivity contribution is 7.89. The van der Waals surface area contributed by atoms with Crippen LogP contribution in [0.2, 0.25) is 0 Å². The lowest BCUT2D eigenvalue weighted by atomic mass is 10.5. The van der Waals surface area contributed by atoms with Gasteiger partial charge >= 0.3 is 24.3 Å². The molecule has 138 valence electrons. The van der Waals surface area contributed by atoms with Crippen molar-refractivity contribution in [3.05, 3.63) is 24.5 Å². The molecule has 0 saturated heterocycles. The molecule has 0 spiro atoms. The lowest BCUT2D eigenvalue weighted by Crippen LogP contribution is -2.21. The molecule has 0 aliphatic heterocycles. The number of carboxylic acids is 2. The van der Waals surface area contributed by atoms with Crippen LogP contribution >= 0.6 is 0 Å². The van der Waals surface area contributed by atoms with Crippen LogP contribution in [0.25, 0.3) is 0 Å². The predicted octanol–water partition coefficient (Wildman–Crippen LogP) is 0.996. The fourth-order valence-electron chi connectivity index (χ4n) is 0.515. The first-order chi connectivity index (χ1) is 10.5. The van der Waals surface area contributed by atoms with E-state index in [4.69, 9.17) is 24.9 Å². The van der Waals surface area contributed by atoms with Crippen LogP contribution in [0.1, 0.15) is 0 Å². The van der Waals surface area contributed by atoms with E-state index in [0.717, 1.165) is 0 Å². The molecule has 1 aromatic heterocycles. The highest BCUT2D eigenvalue weighted by Gasteiger charge is 2.38.